The predicted molar refractivity (Wildman–Crippen MR) is 108 cm³/mol. The van der Waals surface area contributed by atoms with Gasteiger partial charge in [0.15, 0.2) is 5.82 Å². The Hall–Kier alpha value is -3.20. The van der Waals surface area contributed by atoms with Crippen molar-refractivity contribution in [3.8, 4) is 5.75 Å². The fraction of sp³-hybridized carbons (Fsp3) is 0.455. The number of aryl methyl sites for hydroxylation is 1. The van der Waals surface area contributed by atoms with E-state index in [4.69, 9.17) is 14.0 Å². The van der Waals surface area contributed by atoms with Gasteiger partial charge in [0.1, 0.15) is 11.4 Å². The molecule has 9 heteroatoms. The number of carbonyl (C=O) groups is 2. The van der Waals surface area contributed by atoms with Crippen LogP contribution in [-0.2, 0) is 27.4 Å². The van der Waals surface area contributed by atoms with Crippen molar-refractivity contribution in [2.24, 2.45) is 11.8 Å². The summed E-state index contributed by atoms with van der Waals surface area (Å²) in [4.78, 5) is 34.2. The molecule has 0 saturated carbocycles. The van der Waals surface area contributed by atoms with E-state index in [1.807, 2.05) is 36.4 Å². The number of likely N-dealkylation sites (tertiary alicyclic amines) is 1. The molecule has 4 heterocycles. The highest BCUT2D eigenvalue weighted by molar-refractivity contribution is 5.93. The van der Waals surface area contributed by atoms with Crippen molar-refractivity contribution in [1.82, 2.24) is 19.9 Å². The summed E-state index contributed by atoms with van der Waals surface area (Å²) in [6.07, 6.45) is 3.47. The van der Waals surface area contributed by atoms with Crippen LogP contribution >= 0.6 is 0 Å². The van der Waals surface area contributed by atoms with E-state index in [1.54, 1.807) is 26.0 Å². The summed E-state index contributed by atoms with van der Waals surface area (Å²) in [5.41, 5.74) is 0.220. The highest BCUT2D eigenvalue weighted by Gasteiger charge is 2.67. The van der Waals surface area contributed by atoms with Gasteiger partial charge in [-0.2, -0.15) is 4.98 Å². The summed E-state index contributed by atoms with van der Waals surface area (Å²) in [6.45, 7) is 2.78. The van der Waals surface area contributed by atoms with Gasteiger partial charge in [0.25, 0.3) is 0 Å². The van der Waals surface area contributed by atoms with Crippen LogP contribution in [0.15, 0.2) is 40.9 Å². The molecule has 2 saturated heterocycles. The fourth-order valence-electron chi connectivity index (χ4n) is 4.92. The SMILES string of the molecule is COc1cccc(CN2C[C@]34C=C[C@H](O3)C(C(=O)N(C)Cc3nc(C)no3)C4C2=O)c1. The summed E-state index contributed by atoms with van der Waals surface area (Å²) in [7, 11) is 3.29. The molecule has 5 rings (SSSR count). The Kier molecular flexibility index (Phi) is 4.58. The molecular weight excluding hydrogens is 400 g/mol. The zero-order valence-electron chi connectivity index (χ0n) is 17.6. The van der Waals surface area contributed by atoms with E-state index in [2.05, 4.69) is 10.1 Å². The van der Waals surface area contributed by atoms with Crippen molar-refractivity contribution >= 4 is 11.8 Å². The molecule has 3 aliphatic rings. The number of carbonyl (C=O) groups excluding carboxylic acids is 2. The minimum atomic E-state index is -0.747. The second-order valence-electron chi connectivity index (χ2n) is 8.38. The molecular formula is C22H24N4O5. The lowest BCUT2D eigenvalue weighted by atomic mass is 9.76. The number of ether oxygens (including phenoxy) is 2. The Morgan fingerprint density at radius 3 is 3.00 bits per heavy atom. The molecule has 2 bridgehead atoms. The minimum Gasteiger partial charge on any atom is -0.497 e. The van der Waals surface area contributed by atoms with E-state index >= 15 is 0 Å². The third kappa shape index (κ3) is 3.20. The normalized spacial score (nSPS) is 28.3. The molecule has 3 aliphatic heterocycles. The molecule has 1 spiro atoms. The van der Waals surface area contributed by atoms with Gasteiger partial charge < -0.3 is 23.8 Å². The zero-order chi connectivity index (χ0) is 21.8. The first-order chi connectivity index (χ1) is 14.9. The molecule has 31 heavy (non-hydrogen) atoms. The number of nitrogens with zero attached hydrogens (tertiary/aromatic N) is 4. The van der Waals surface area contributed by atoms with Gasteiger partial charge in [-0.1, -0.05) is 29.4 Å². The first-order valence-electron chi connectivity index (χ1n) is 10.2. The maximum atomic E-state index is 13.4. The zero-order valence-corrected chi connectivity index (χ0v) is 17.6. The van der Waals surface area contributed by atoms with Gasteiger partial charge in [0.2, 0.25) is 17.7 Å². The van der Waals surface area contributed by atoms with Crippen LogP contribution < -0.4 is 4.74 Å². The Labute approximate surface area is 179 Å². The number of fused-ring (bicyclic) bond motifs is 1. The fourth-order valence-corrected chi connectivity index (χ4v) is 4.92. The number of hydrogen-bond acceptors (Lipinski definition) is 7. The maximum absolute atomic E-state index is 13.4. The summed E-state index contributed by atoms with van der Waals surface area (Å²) >= 11 is 0. The van der Waals surface area contributed by atoms with Gasteiger partial charge in [-0.05, 0) is 24.6 Å². The van der Waals surface area contributed by atoms with Crippen LogP contribution in [0.4, 0.5) is 0 Å². The van der Waals surface area contributed by atoms with E-state index in [0.29, 0.717) is 24.8 Å². The molecule has 2 amide bonds. The van der Waals surface area contributed by atoms with Crippen molar-refractivity contribution in [1.29, 1.82) is 0 Å². The van der Waals surface area contributed by atoms with Gasteiger partial charge in [0, 0.05) is 13.6 Å². The molecule has 0 aliphatic carbocycles. The molecule has 2 unspecified atom stereocenters. The molecule has 4 atom stereocenters. The van der Waals surface area contributed by atoms with Crippen molar-refractivity contribution in [2.75, 3.05) is 20.7 Å². The van der Waals surface area contributed by atoms with Gasteiger partial charge in [0.05, 0.1) is 38.1 Å². The Balaban J connectivity index is 1.35. The number of aromatic nitrogens is 2. The van der Waals surface area contributed by atoms with Crippen LogP contribution in [0.5, 0.6) is 5.75 Å². The standard InChI is InChI=1S/C22H24N4O5/c1-13-23-17(31-24-13)11-25(2)20(27)18-16-7-8-22(30-16)12-26(21(28)19(18)22)10-14-5-4-6-15(9-14)29-3/h4-9,16,18-19H,10-12H2,1-3H3/t16-,18?,19?,22-/m0/s1. The lowest BCUT2D eigenvalue weighted by Crippen LogP contribution is -2.44. The molecule has 2 fully saturated rings. The van der Waals surface area contributed by atoms with Gasteiger partial charge in [-0.25, -0.2) is 0 Å². The quantitative estimate of drug-likeness (QED) is 0.645. The van der Waals surface area contributed by atoms with Crippen molar-refractivity contribution in [2.45, 2.75) is 31.7 Å². The average Bonchev–Trinajstić information content (AvgIpc) is 3.50. The van der Waals surface area contributed by atoms with Crippen LogP contribution in [0.25, 0.3) is 0 Å². The van der Waals surface area contributed by atoms with Crippen LogP contribution in [0.1, 0.15) is 17.3 Å². The number of hydrogen-bond donors (Lipinski definition) is 0. The summed E-state index contributed by atoms with van der Waals surface area (Å²) in [5.74, 6) is 0.295. The van der Waals surface area contributed by atoms with Crippen molar-refractivity contribution in [3.05, 3.63) is 53.7 Å². The first-order valence-corrected chi connectivity index (χ1v) is 10.2. The highest BCUT2D eigenvalue weighted by Crippen LogP contribution is 2.52. The minimum absolute atomic E-state index is 0.0601. The molecule has 162 valence electrons. The third-order valence-corrected chi connectivity index (χ3v) is 6.29. The van der Waals surface area contributed by atoms with Crippen LogP contribution in [-0.4, -0.2) is 64.2 Å². The predicted octanol–water partition coefficient (Wildman–Crippen LogP) is 1.33. The Morgan fingerprint density at radius 1 is 1.42 bits per heavy atom. The van der Waals surface area contributed by atoms with Crippen molar-refractivity contribution in [3.63, 3.8) is 0 Å². The summed E-state index contributed by atoms with van der Waals surface area (Å²) < 4.78 is 16.6. The lowest BCUT2D eigenvalue weighted by Gasteiger charge is -2.27. The van der Waals surface area contributed by atoms with E-state index in [0.717, 1.165) is 11.3 Å². The number of benzene rings is 1. The molecule has 1 aromatic carbocycles. The number of rotatable bonds is 6. The van der Waals surface area contributed by atoms with Crippen LogP contribution in [0.2, 0.25) is 0 Å². The van der Waals surface area contributed by atoms with Gasteiger partial charge in [-0.3, -0.25) is 9.59 Å². The van der Waals surface area contributed by atoms with Gasteiger partial charge in [-0.15, -0.1) is 0 Å². The smallest absolute Gasteiger partial charge is 0.246 e. The first kappa shape index (κ1) is 19.7. The van der Waals surface area contributed by atoms with E-state index < -0.39 is 23.5 Å². The second-order valence-corrected chi connectivity index (χ2v) is 8.38. The topological polar surface area (TPSA) is 98.0 Å². The maximum Gasteiger partial charge on any atom is 0.246 e. The largest absolute Gasteiger partial charge is 0.497 e. The number of amides is 2. The molecule has 9 nitrogen and oxygen atoms in total. The Morgan fingerprint density at radius 2 is 2.26 bits per heavy atom. The molecule has 2 aromatic rings. The number of methoxy groups -OCH3 is 1. The average molecular weight is 424 g/mol. The van der Waals surface area contributed by atoms with E-state index in [9.17, 15) is 9.59 Å². The second kappa shape index (κ2) is 7.19. The summed E-state index contributed by atoms with van der Waals surface area (Å²) in [6, 6.07) is 7.64. The van der Waals surface area contributed by atoms with Crippen LogP contribution in [0.3, 0.4) is 0 Å². The highest BCUT2D eigenvalue weighted by atomic mass is 16.5. The van der Waals surface area contributed by atoms with Crippen molar-refractivity contribution < 1.29 is 23.6 Å². The lowest BCUT2D eigenvalue weighted by molar-refractivity contribution is -0.143. The molecule has 0 radical (unpaired) electrons. The van der Waals surface area contributed by atoms with Crippen LogP contribution in [0, 0.1) is 18.8 Å². The monoisotopic (exact) mass is 424 g/mol. The molecule has 1 aromatic heterocycles. The van der Waals surface area contributed by atoms with E-state index in [1.165, 1.54) is 4.90 Å². The third-order valence-electron chi connectivity index (χ3n) is 6.29. The van der Waals surface area contributed by atoms with Gasteiger partial charge >= 0.3 is 0 Å². The molecule has 0 N–H and O–H groups in total. The van der Waals surface area contributed by atoms with E-state index in [-0.39, 0.29) is 18.4 Å². The summed E-state index contributed by atoms with van der Waals surface area (Å²) in [5, 5.41) is 3.76. The Bertz CT molecular complexity index is 1070.